The highest BCUT2D eigenvalue weighted by Gasteiger charge is 2.15. The van der Waals surface area contributed by atoms with E-state index in [-0.39, 0.29) is 16.9 Å². The number of nitrogens with zero attached hydrogens (tertiary/aromatic N) is 2. The molecule has 25 heavy (non-hydrogen) atoms. The van der Waals surface area contributed by atoms with Gasteiger partial charge in [-0.05, 0) is 29.8 Å². The van der Waals surface area contributed by atoms with Crippen LogP contribution in [0.1, 0.15) is 5.56 Å². The van der Waals surface area contributed by atoms with E-state index in [9.17, 15) is 19.3 Å². The molecule has 0 saturated carbocycles. The molecule has 0 radical (unpaired) electrons. The van der Waals surface area contributed by atoms with Crippen molar-refractivity contribution in [2.24, 2.45) is 0 Å². The third-order valence-corrected chi connectivity index (χ3v) is 3.29. The van der Waals surface area contributed by atoms with Crippen molar-refractivity contribution < 1.29 is 14.1 Å². The molecule has 0 aliphatic heterocycles. The van der Waals surface area contributed by atoms with Crippen molar-refractivity contribution in [3.8, 4) is 6.07 Å². The number of amides is 1. The standard InChI is InChI=1S/C17H13FN4O3/c1-20-15-7-6-11(9-16(15)22(24)25)8-12(10-19)17(23)21-14-5-3-2-4-13(14)18/h2-9,20H,1H3,(H,21,23). The van der Waals surface area contributed by atoms with E-state index in [1.807, 2.05) is 0 Å². The van der Waals surface area contributed by atoms with E-state index in [1.165, 1.54) is 48.5 Å². The SMILES string of the molecule is CNc1ccc(C=C(C#N)C(=O)Nc2ccccc2F)cc1[N+](=O)[O-]. The number of anilines is 2. The summed E-state index contributed by atoms with van der Waals surface area (Å²) >= 11 is 0. The predicted molar refractivity (Wildman–Crippen MR) is 91.3 cm³/mol. The molecule has 8 heteroatoms. The van der Waals surface area contributed by atoms with Gasteiger partial charge in [-0.2, -0.15) is 5.26 Å². The van der Waals surface area contributed by atoms with Gasteiger partial charge in [0, 0.05) is 13.1 Å². The molecule has 0 bridgehead atoms. The van der Waals surface area contributed by atoms with Gasteiger partial charge in [0.1, 0.15) is 23.1 Å². The van der Waals surface area contributed by atoms with Crippen LogP contribution in [0.4, 0.5) is 21.5 Å². The van der Waals surface area contributed by atoms with Crippen LogP contribution in [0.15, 0.2) is 48.0 Å². The molecule has 0 fully saturated rings. The molecule has 0 saturated heterocycles. The number of rotatable bonds is 5. The lowest BCUT2D eigenvalue weighted by Crippen LogP contribution is -2.14. The number of hydrogen-bond acceptors (Lipinski definition) is 5. The summed E-state index contributed by atoms with van der Waals surface area (Å²) in [5, 5.41) is 25.2. The summed E-state index contributed by atoms with van der Waals surface area (Å²) in [6.45, 7) is 0. The van der Waals surface area contributed by atoms with E-state index in [0.717, 1.165) is 0 Å². The van der Waals surface area contributed by atoms with Crippen molar-refractivity contribution in [1.82, 2.24) is 0 Å². The minimum absolute atomic E-state index is 0.0647. The van der Waals surface area contributed by atoms with Gasteiger partial charge in [-0.1, -0.05) is 18.2 Å². The number of para-hydroxylation sites is 1. The van der Waals surface area contributed by atoms with Crippen molar-refractivity contribution in [2.75, 3.05) is 17.7 Å². The average molecular weight is 340 g/mol. The maximum Gasteiger partial charge on any atom is 0.292 e. The van der Waals surface area contributed by atoms with Gasteiger partial charge in [0.15, 0.2) is 0 Å². The largest absolute Gasteiger partial charge is 0.383 e. The molecule has 0 aliphatic rings. The fourth-order valence-electron chi connectivity index (χ4n) is 2.07. The maximum atomic E-state index is 13.6. The van der Waals surface area contributed by atoms with Crippen molar-refractivity contribution in [1.29, 1.82) is 5.26 Å². The number of nitrogens with one attached hydrogen (secondary N) is 2. The molecule has 0 spiro atoms. The van der Waals surface area contributed by atoms with E-state index in [0.29, 0.717) is 11.3 Å². The van der Waals surface area contributed by atoms with Gasteiger partial charge in [-0.25, -0.2) is 4.39 Å². The summed E-state index contributed by atoms with van der Waals surface area (Å²) in [4.78, 5) is 22.6. The van der Waals surface area contributed by atoms with Gasteiger partial charge in [-0.3, -0.25) is 14.9 Å². The minimum atomic E-state index is -0.812. The maximum absolute atomic E-state index is 13.6. The highest BCUT2D eigenvalue weighted by Crippen LogP contribution is 2.26. The van der Waals surface area contributed by atoms with Gasteiger partial charge in [0.2, 0.25) is 0 Å². The molecule has 2 N–H and O–H groups in total. The molecule has 7 nitrogen and oxygen atoms in total. The summed E-state index contributed by atoms with van der Waals surface area (Å²) in [5.74, 6) is -1.45. The molecule has 0 unspecified atom stereocenters. The quantitative estimate of drug-likeness (QED) is 0.376. The van der Waals surface area contributed by atoms with Crippen LogP contribution in [-0.4, -0.2) is 17.9 Å². The molecule has 0 aromatic heterocycles. The van der Waals surface area contributed by atoms with Crippen molar-refractivity contribution in [2.45, 2.75) is 0 Å². The lowest BCUT2D eigenvalue weighted by atomic mass is 10.1. The number of benzene rings is 2. The van der Waals surface area contributed by atoms with E-state index in [2.05, 4.69) is 10.6 Å². The third-order valence-electron chi connectivity index (χ3n) is 3.29. The van der Waals surface area contributed by atoms with Crippen molar-refractivity contribution in [3.05, 3.63) is 69.5 Å². The van der Waals surface area contributed by atoms with Gasteiger partial charge in [-0.15, -0.1) is 0 Å². The molecule has 2 rings (SSSR count). The Labute approximate surface area is 142 Å². The van der Waals surface area contributed by atoms with Crippen LogP contribution >= 0.6 is 0 Å². The lowest BCUT2D eigenvalue weighted by Gasteiger charge is -2.06. The van der Waals surface area contributed by atoms with Crippen LogP contribution in [-0.2, 0) is 4.79 Å². The Balaban J connectivity index is 2.33. The molecular weight excluding hydrogens is 327 g/mol. The number of halogens is 1. The highest BCUT2D eigenvalue weighted by atomic mass is 19.1. The Hall–Kier alpha value is -3.73. The zero-order valence-corrected chi connectivity index (χ0v) is 13.1. The van der Waals surface area contributed by atoms with Gasteiger partial charge in [0.05, 0.1) is 10.6 Å². The Morgan fingerprint density at radius 1 is 1.28 bits per heavy atom. The summed E-state index contributed by atoms with van der Waals surface area (Å²) in [6.07, 6.45) is 1.20. The van der Waals surface area contributed by atoms with Gasteiger partial charge >= 0.3 is 0 Å². The van der Waals surface area contributed by atoms with E-state index >= 15 is 0 Å². The molecule has 126 valence electrons. The number of nitro benzene ring substituents is 1. The zero-order chi connectivity index (χ0) is 18.4. The van der Waals surface area contributed by atoms with Crippen LogP contribution in [0.3, 0.4) is 0 Å². The van der Waals surface area contributed by atoms with Gasteiger partial charge in [0.25, 0.3) is 11.6 Å². The van der Waals surface area contributed by atoms with Crippen LogP contribution in [0, 0.1) is 27.3 Å². The average Bonchev–Trinajstić information content (AvgIpc) is 2.61. The normalized spacial score (nSPS) is 10.7. The molecule has 0 atom stereocenters. The number of nitro groups is 1. The van der Waals surface area contributed by atoms with E-state index < -0.39 is 16.6 Å². The smallest absolute Gasteiger partial charge is 0.292 e. The second-order valence-corrected chi connectivity index (χ2v) is 4.89. The second-order valence-electron chi connectivity index (χ2n) is 4.89. The number of carbonyl (C=O) groups is 1. The van der Waals surface area contributed by atoms with Crippen LogP contribution in [0.25, 0.3) is 6.08 Å². The number of carbonyl (C=O) groups excluding carboxylic acids is 1. The summed E-state index contributed by atoms with van der Waals surface area (Å²) in [5.41, 5.74) is 0.0328. The molecule has 1 amide bonds. The van der Waals surface area contributed by atoms with Crippen molar-refractivity contribution >= 4 is 29.0 Å². The first kappa shape index (κ1) is 17.6. The zero-order valence-electron chi connectivity index (χ0n) is 13.1. The number of nitriles is 1. The Bertz CT molecular complexity index is 903. The van der Waals surface area contributed by atoms with Crippen LogP contribution < -0.4 is 10.6 Å². The first-order chi connectivity index (χ1) is 12.0. The van der Waals surface area contributed by atoms with Gasteiger partial charge < -0.3 is 10.6 Å². The molecule has 0 aliphatic carbocycles. The number of hydrogen-bond donors (Lipinski definition) is 2. The molecule has 2 aromatic rings. The first-order valence-electron chi connectivity index (χ1n) is 7.10. The van der Waals surface area contributed by atoms with E-state index in [4.69, 9.17) is 5.26 Å². The third kappa shape index (κ3) is 4.17. The molecule has 2 aromatic carbocycles. The minimum Gasteiger partial charge on any atom is -0.383 e. The van der Waals surface area contributed by atoms with Crippen LogP contribution in [0.5, 0.6) is 0 Å². The monoisotopic (exact) mass is 340 g/mol. The Morgan fingerprint density at radius 2 is 2.00 bits per heavy atom. The second kappa shape index (κ2) is 7.70. The van der Waals surface area contributed by atoms with Crippen LogP contribution in [0.2, 0.25) is 0 Å². The lowest BCUT2D eigenvalue weighted by molar-refractivity contribution is -0.384. The summed E-state index contributed by atoms with van der Waals surface area (Å²) in [6, 6.07) is 11.5. The Morgan fingerprint density at radius 3 is 2.60 bits per heavy atom. The Kier molecular flexibility index (Phi) is 5.43. The topological polar surface area (TPSA) is 108 Å². The molecule has 0 heterocycles. The summed E-state index contributed by atoms with van der Waals surface area (Å²) in [7, 11) is 1.54. The highest BCUT2D eigenvalue weighted by molar-refractivity contribution is 6.09. The fraction of sp³-hybridized carbons (Fsp3) is 0.0588. The van der Waals surface area contributed by atoms with Crippen molar-refractivity contribution in [3.63, 3.8) is 0 Å². The fourth-order valence-corrected chi connectivity index (χ4v) is 2.07. The summed E-state index contributed by atoms with van der Waals surface area (Å²) < 4.78 is 13.6. The molecular formula is C17H13FN4O3. The van der Waals surface area contributed by atoms with E-state index in [1.54, 1.807) is 13.1 Å². The first-order valence-corrected chi connectivity index (χ1v) is 7.10. The predicted octanol–water partition coefficient (Wildman–Crippen LogP) is 3.32.